The van der Waals surface area contributed by atoms with Gasteiger partial charge in [0.25, 0.3) is 0 Å². The highest BCUT2D eigenvalue weighted by Crippen LogP contribution is 2.37. The number of fused-ring (bicyclic) bond motifs is 1. The SMILES string of the molecule is Fc1ccc(-c2nn3cc(C(F)(F)F)ccc3c2-c2ccnc(NCCCN3CCCCC3)n2)cc1Cl. The number of nitrogens with one attached hydrogen (secondary N) is 1. The summed E-state index contributed by atoms with van der Waals surface area (Å²) in [6.45, 7) is 3.95. The van der Waals surface area contributed by atoms with E-state index in [-0.39, 0.29) is 5.02 Å². The fraction of sp³-hybridized carbons (Fsp3) is 0.346. The van der Waals surface area contributed by atoms with Gasteiger partial charge in [0.1, 0.15) is 11.5 Å². The van der Waals surface area contributed by atoms with Crippen LogP contribution in [0, 0.1) is 5.82 Å². The molecule has 1 fully saturated rings. The second-order valence-electron chi connectivity index (χ2n) is 9.05. The third kappa shape index (κ3) is 5.70. The molecule has 4 aromatic rings. The highest BCUT2D eigenvalue weighted by Gasteiger charge is 2.31. The number of halogens is 5. The van der Waals surface area contributed by atoms with Crippen molar-refractivity contribution in [3.63, 3.8) is 0 Å². The molecule has 0 aliphatic carbocycles. The standard InChI is InChI=1S/C26H25ClF4N6/c27-19-15-17(5-7-20(19)28)24-23(22-8-6-18(26(29,30)31)16-37(22)35-24)21-9-11-33-25(34-21)32-10-4-14-36-12-2-1-3-13-36/h5-9,11,15-16H,1-4,10,12-14H2,(H,32,33,34). The number of benzene rings is 1. The smallest absolute Gasteiger partial charge is 0.354 e. The normalized spacial score (nSPS) is 14.8. The number of pyridine rings is 1. The maximum absolute atomic E-state index is 13.8. The van der Waals surface area contributed by atoms with E-state index < -0.39 is 17.6 Å². The molecule has 5 rings (SSSR count). The molecule has 0 saturated carbocycles. The Balaban J connectivity index is 1.47. The number of alkyl halides is 3. The summed E-state index contributed by atoms with van der Waals surface area (Å²) in [5, 5.41) is 7.54. The third-order valence-electron chi connectivity index (χ3n) is 6.44. The van der Waals surface area contributed by atoms with Crippen molar-refractivity contribution in [2.75, 3.05) is 31.5 Å². The number of rotatable bonds is 7. The Hall–Kier alpha value is -3.24. The molecule has 6 nitrogen and oxygen atoms in total. The van der Waals surface area contributed by atoms with Crippen LogP contribution in [0.2, 0.25) is 5.02 Å². The number of aromatic nitrogens is 4. The number of piperidine rings is 1. The van der Waals surface area contributed by atoms with Gasteiger partial charge in [-0.25, -0.2) is 18.9 Å². The van der Waals surface area contributed by atoms with Gasteiger partial charge < -0.3 is 10.2 Å². The van der Waals surface area contributed by atoms with Crippen molar-refractivity contribution in [1.82, 2.24) is 24.5 Å². The molecule has 37 heavy (non-hydrogen) atoms. The zero-order valence-corrected chi connectivity index (χ0v) is 20.7. The highest BCUT2D eigenvalue weighted by molar-refractivity contribution is 6.31. The maximum atomic E-state index is 13.8. The topological polar surface area (TPSA) is 58.4 Å². The fourth-order valence-electron chi connectivity index (χ4n) is 4.58. The first-order valence-corrected chi connectivity index (χ1v) is 12.5. The minimum Gasteiger partial charge on any atom is -0.354 e. The second-order valence-corrected chi connectivity index (χ2v) is 9.45. The Bertz CT molecular complexity index is 1400. The van der Waals surface area contributed by atoms with E-state index in [0.29, 0.717) is 40.5 Å². The van der Waals surface area contributed by atoms with Crippen molar-refractivity contribution in [1.29, 1.82) is 0 Å². The van der Waals surface area contributed by atoms with E-state index in [1.807, 2.05) is 0 Å². The molecule has 1 N–H and O–H groups in total. The Morgan fingerprint density at radius 3 is 2.59 bits per heavy atom. The minimum atomic E-state index is -4.53. The average molecular weight is 533 g/mol. The first kappa shape index (κ1) is 25.4. The van der Waals surface area contributed by atoms with Crippen molar-refractivity contribution in [3.8, 4) is 22.5 Å². The molecule has 0 amide bonds. The van der Waals surface area contributed by atoms with Gasteiger partial charge in [-0.3, -0.25) is 0 Å². The van der Waals surface area contributed by atoms with Crippen LogP contribution >= 0.6 is 11.6 Å². The quantitative estimate of drug-likeness (QED) is 0.216. The Kier molecular flexibility index (Phi) is 7.30. The van der Waals surface area contributed by atoms with E-state index in [0.717, 1.165) is 38.3 Å². The van der Waals surface area contributed by atoms with E-state index in [9.17, 15) is 17.6 Å². The Labute approximate surface area is 216 Å². The van der Waals surface area contributed by atoms with Gasteiger partial charge in [0.15, 0.2) is 0 Å². The van der Waals surface area contributed by atoms with Gasteiger partial charge in [-0.15, -0.1) is 0 Å². The number of likely N-dealkylation sites (tertiary alicyclic amines) is 1. The van der Waals surface area contributed by atoms with Gasteiger partial charge in [-0.2, -0.15) is 18.3 Å². The van der Waals surface area contributed by atoms with Gasteiger partial charge in [-0.1, -0.05) is 18.0 Å². The van der Waals surface area contributed by atoms with E-state index >= 15 is 0 Å². The van der Waals surface area contributed by atoms with Gasteiger partial charge in [0, 0.05) is 24.5 Å². The predicted octanol–water partition coefficient (Wildman–Crippen LogP) is 6.56. The van der Waals surface area contributed by atoms with Gasteiger partial charge in [0.2, 0.25) is 5.95 Å². The molecule has 4 heterocycles. The summed E-state index contributed by atoms with van der Waals surface area (Å²) >= 11 is 6.00. The van der Waals surface area contributed by atoms with Crippen LogP contribution in [-0.2, 0) is 6.18 Å². The lowest BCUT2D eigenvalue weighted by Gasteiger charge is -2.26. The van der Waals surface area contributed by atoms with Crippen molar-refractivity contribution >= 4 is 23.1 Å². The minimum absolute atomic E-state index is 0.116. The first-order chi connectivity index (χ1) is 17.8. The summed E-state index contributed by atoms with van der Waals surface area (Å²) in [4.78, 5) is 11.4. The average Bonchev–Trinajstić information content (AvgIpc) is 3.27. The van der Waals surface area contributed by atoms with Crippen molar-refractivity contribution in [3.05, 3.63) is 65.2 Å². The molecule has 194 valence electrons. The van der Waals surface area contributed by atoms with Crippen LogP contribution in [0.1, 0.15) is 31.2 Å². The summed E-state index contributed by atoms with van der Waals surface area (Å²) in [5.41, 5.74) is 1.33. The molecular weight excluding hydrogens is 508 g/mol. The van der Waals surface area contributed by atoms with Crippen LogP contribution in [0.5, 0.6) is 0 Å². The number of hydrogen-bond donors (Lipinski definition) is 1. The summed E-state index contributed by atoms with van der Waals surface area (Å²) in [7, 11) is 0. The molecule has 0 radical (unpaired) electrons. The molecule has 1 saturated heterocycles. The van der Waals surface area contributed by atoms with Gasteiger partial charge >= 0.3 is 6.18 Å². The van der Waals surface area contributed by atoms with Gasteiger partial charge in [-0.05, 0) is 75.3 Å². The Morgan fingerprint density at radius 1 is 1.03 bits per heavy atom. The van der Waals surface area contributed by atoms with Crippen LogP contribution in [0.15, 0.2) is 48.8 Å². The molecule has 1 aliphatic heterocycles. The summed E-state index contributed by atoms with van der Waals surface area (Å²) < 4.78 is 55.1. The predicted molar refractivity (Wildman–Crippen MR) is 135 cm³/mol. The lowest BCUT2D eigenvalue weighted by atomic mass is 10.0. The molecule has 0 spiro atoms. The summed E-state index contributed by atoms with van der Waals surface area (Å²) in [6, 6.07) is 8.10. The largest absolute Gasteiger partial charge is 0.417 e. The van der Waals surface area contributed by atoms with Crippen LogP contribution in [0.25, 0.3) is 28.0 Å². The van der Waals surface area contributed by atoms with Crippen LogP contribution < -0.4 is 5.32 Å². The zero-order valence-electron chi connectivity index (χ0n) is 19.9. The highest BCUT2D eigenvalue weighted by atomic mass is 35.5. The second kappa shape index (κ2) is 10.6. The number of nitrogens with zero attached hydrogens (tertiary/aromatic N) is 5. The first-order valence-electron chi connectivity index (χ1n) is 12.1. The summed E-state index contributed by atoms with van der Waals surface area (Å²) in [6.07, 6.45) is 2.69. The van der Waals surface area contributed by atoms with Gasteiger partial charge in [0.05, 0.1) is 27.4 Å². The monoisotopic (exact) mass is 532 g/mol. The van der Waals surface area contributed by atoms with Crippen molar-refractivity contribution in [2.24, 2.45) is 0 Å². The molecule has 0 unspecified atom stereocenters. The van der Waals surface area contributed by atoms with E-state index in [1.165, 1.54) is 48.0 Å². The van der Waals surface area contributed by atoms with Crippen molar-refractivity contribution < 1.29 is 17.6 Å². The van der Waals surface area contributed by atoms with E-state index in [2.05, 4.69) is 25.3 Å². The van der Waals surface area contributed by atoms with E-state index in [4.69, 9.17) is 11.6 Å². The Morgan fingerprint density at radius 2 is 1.84 bits per heavy atom. The van der Waals surface area contributed by atoms with E-state index in [1.54, 1.807) is 12.3 Å². The third-order valence-corrected chi connectivity index (χ3v) is 6.73. The number of hydrogen-bond acceptors (Lipinski definition) is 5. The molecule has 0 atom stereocenters. The molecule has 3 aromatic heterocycles. The van der Waals surface area contributed by atoms with Crippen molar-refractivity contribution in [2.45, 2.75) is 31.9 Å². The molecule has 1 aromatic carbocycles. The fourth-order valence-corrected chi connectivity index (χ4v) is 4.76. The molecular formula is C26H25ClF4N6. The number of anilines is 1. The molecule has 0 bridgehead atoms. The maximum Gasteiger partial charge on any atom is 0.417 e. The zero-order chi connectivity index (χ0) is 26.0. The molecule has 1 aliphatic rings. The van der Waals surface area contributed by atoms with Crippen LogP contribution in [-0.4, -0.2) is 50.7 Å². The molecule has 11 heteroatoms. The summed E-state index contributed by atoms with van der Waals surface area (Å²) in [5.74, 6) is -0.196. The van der Waals surface area contributed by atoms with Crippen LogP contribution in [0.3, 0.4) is 0 Å². The van der Waals surface area contributed by atoms with Crippen LogP contribution in [0.4, 0.5) is 23.5 Å². The lowest BCUT2D eigenvalue weighted by Crippen LogP contribution is -2.31. The lowest BCUT2D eigenvalue weighted by molar-refractivity contribution is -0.137.